The maximum Gasteiger partial charge on any atom is 0.221 e. The Balaban J connectivity index is 2.33. The lowest BCUT2D eigenvalue weighted by Crippen LogP contribution is -2.31. The fourth-order valence-corrected chi connectivity index (χ4v) is 1.99. The van der Waals surface area contributed by atoms with Gasteiger partial charge >= 0.3 is 0 Å². The topological polar surface area (TPSA) is 44.4 Å². The van der Waals surface area contributed by atoms with Crippen molar-refractivity contribution in [1.29, 1.82) is 0 Å². The van der Waals surface area contributed by atoms with Crippen LogP contribution in [-0.2, 0) is 4.79 Å². The highest BCUT2D eigenvalue weighted by molar-refractivity contribution is 5.76. The quantitative estimate of drug-likeness (QED) is 0.774. The van der Waals surface area contributed by atoms with E-state index in [0.717, 1.165) is 6.54 Å². The van der Waals surface area contributed by atoms with Gasteiger partial charge in [0.2, 0.25) is 5.91 Å². The summed E-state index contributed by atoms with van der Waals surface area (Å²) in [6.45, 7) is 7.76. The molecule has 0 spiro atoms. The second-order valence-corrected chi connectivity index (χ2v) is 6.11. The summed E-state index contributed by atoms with van der Waals surface area (Å²) < 4.78 is 0. The standard InChI is InChI=1S/C17H29N3O/c1-13(2)12-19-17(21)10-11-18-14(3)15-6-8-16(9-7-15)20(4)5/h6-9,13-14,18H,10-12H2,1-5H3,(H,19,21). The predicted molar refractivity (Wildman–Crippen MR) is 89.7 cm³/mol. The molecule has 21 heavy (non-hydrogen) atoms. The number of hydrogen-bond acceptors (Lipinski definition) is 3. The van der Waals surface area contributed by atoms with Crippen LogP contribution in [0.5, 0.6) is 0 Å². The van der Waals surface area contributed by atoms with Gasteiger partial charge < -0.3 is 15.5 Å². The molecule has 0 radical (unpaired) electrons. The van der Waals surface area contributed by atoms with Gasteiger partial charge in [-0.2, -0.15) is 0 Å². The number of hydrogen-bond donors (Lipinski definition) is 2. The molecule has 1 unspecified atom stereocenters. The van der Waals surface area contributed by atoms with Crippen LogP contribution in [0.1, 0.15) is 38.8 Å². The van der Waals surface area contributed by atoms with Gasteiger partial charge in [-0.25, -0.2) is 0 Å². The molecule has 1 aromatic carbocycles. The van der Waals surface area contributed by atoms with Crippen LogP contribution in [0.4, 0.5) is 5.69 Å². The van der Waals surface area contributed by atoms with Crippen LogP contribution in [0, 0.1) is 5.92 Å². The number of carbonyl (C=O) groups excluding carboxylic acids is 1. The lowest BCUT2D eigenvalue weighted by molar-refractivity contribution is -0.121. The average molecular weight is 291 g/mol. The van der Waals surface area contributed by atoms with E-state index in [1.165, 1.54) is 11.3 Å². The molecule has 0 bridgehead atoms. The van der Waals surface area contributed by atoms with E-state index in [9.17, 15) is 4.79 Å². The van der Waals surface area contributed by atoms with Crippen molar-refractivity contribution in [3.05, 3.63) is 29.8 Å². The third-order valence-electron chi connectivity index (χ3n) is 3.42. The van der Waals surface area contributed by atoms with Crippen LogP contribution in [0.2, 0.25) is 0 Å². The van der Waals surface area contributed by atoms with Crippen molar-refractivity contribution in [2.45, 2.75) is 33.2 Å². The lowest BCUT2D eigenvalue weighted by atomic mass is 10.1. The zero-order valence-corrected chi connectivity index (χ0v) is 13.9. The lowest BCUT2D eigenvalue weighted by Gasteiger charge is -2.17. The molecule has 0 saturated heterocycles. The van der Waals surface area contributed by atoms with E-state index >= 15 is 0 Å². The Morgan fingerprint density at radius 3 is 2.29 bits per heavy atom. The van der Waals surface area contributed by atoms with E-state index in [1.54, 1.807) is 0 Å². The van der Waals surface area contributed by atoms with Crippen LogP contribution in [0.25, 0.3) is 0 Å². The van der Waals surface area contributed by atoms with Crippen LogP contribution < -0.4 is 15.5 Å². The van der Waals surface area contributed by atoms with Crippen LogP contribution >= 0.6 is 0 Å². The van der Waals surface area contributed by atoms with Gasteiger partial charge in [-0.1, -0.05) is 26.0 Å². The fourth-order valence-electron chi connectivity index (χ4n) is 1.99. The van der Waals surface area contributed by atoms with Crippen molar-refractivity contribution in [3.8, 4) is 0 Å². The Kier molecular flexibility index (Phi) is 7.23. The molecule has 1 aromatic rings. The van der Waals surface area contributed by atoms with Crippen molar-refractivity contribution >= 4 is 11.6 Å². The smallest absolute Gasteiger partial charge is 0.221 e. The molecular weight excluding hydrogens is 262 g/mol. The van der Waals surface area contributed by atoms with E-state index in [2.05, 4.69) is 60.6 Å². The Hall–Kier alpha value is -1.55. The van der Waals surface area contributed by atoms with Gasteiger partial charge in [0.25, 0.3) is 0 Å². The minimum atomic E-state index is 0.117. The van der Waals surface area contributed by atoms with E-state index in [-0.39, 0.29) is 11.9 Å². The van der Waals surface area contributed by atoms with E-state index in [4.69, 9.17) is 0 Å². The molecule has 0 aromatic heterocycles. The minimum absolute atomic E-state index is 0.117. The first-order valence-corrected chi connectivity index (χ1v) is 7.67. The van der Waals surface area contributed by atoms with Gasteiger partial charge in [0.15, 0.2) is 0 Å². The molecule has 1 amide bonds. The number of nitrogens with one attached hydrogen (secondary N) is 2. The molecule has 0 heterocycles. The van der Waals surface area contributed by atoms with Gasteiger partial charge in [0.05, 0.1) is 0 Å². The van der Waals surface area contributed by atoms with Crippen molar-refractivity contribution in [3.63, 3.8) is 0 Å². The van der Waals surface area contributed by atoms with Gasteiger partial charge in [0.1, 0.15) is 0 Å². The van der Waals surface area contributed by atoms with Crippen molar-refractivity contribution in [2.75, 3.05) is 32.1 Å². The summed E-state index contributed by atoms with van der Waals surface area (Å²) in [6, 6.07) is 8.74. The number of nitrogens with zero attached hydrogens (tertiary/aromatic N) is 1. The molecule has 0 aliphatic heterocycles. The average Bonchev–Trinajstić information content (AvgIpc) is 2.45. The monoisotopic (exact) mass is 291 g/mol. The zero-order valence-electron chi connectivity index (χ0n) is 13.9. The molecule has 0 aliphatic carbocycles. The normalized spacial score (nSPS) is 12.3. The van der Waals surface area contributed by atoms with Crippen molar-refractivity contribution in [2.24, 2.45) is 5.92 Å². The van der Waals surface area contributed by atoms with Crippen molar-refractivity contribution < 1.29 is 4.79 Å². The Labute approximate surface area is 128 Å². The van der Waals surface area contributed by atoms with Gasteiger partial charge in [-0.15, -0.1) is 0 Å². The number of anilines is 1. The summed E-state index contributed by atoms with van der Waals surface area (Å²) in [4.78, 5) is 13.7. The first-order chi connectivity index (χ1) is 9.90. The third kappa shape index (κ3) is 6.63. The van der Waals surface area contributed by atoms with Gasteiger partial charge in [-0.3, -0.25) is 4.79 Å². The largest absolute Gasteiger partial charge is 0.378 e. The second-order valence-electron chi connectivity index (χ2n) is 6.11. The van der Waals surface area contributed by atoms with Crippen molar-refractivity contribution in [1.82, 2.24) is 10.6 Å². The molecule has 118 valence electrons. The number of amides is 1. The highest BCUT2D eigenvalue weighted by atomic mass is 16.1. The third-order valence-corrected chi connectivity index (χ3v) is 3.42. The summed E-state index contributed by atoms with van der Waals surface area (Å²) >= 11 is 0. The number of rotatable bonds is 8. The van der Waals surface area contributed by atoms with Crippen LogP contribution in [-0.4, -0.2) is 33.1 Å². The predicted octanol–water partition coefficient (Wildman–Crippen LogP) is 2.57. The Bertz CT molecular complexity index is 426. The molecule has 2 N–H and O–H groups in total. The molecule has 1 rings (SSSR count). The van der Waals surface area contributed by atoms with Crippen LogP contribution in [0.3, 0.4) is 0 Å². The number of carbonyl (C=O) groups is 1. The zero-order chi connectivity index (χ0) is 15.8. The van der Waals surface area contributed by atoms with E-state index in [0.29, 0.717) is 18.9 Å². The van der Waals surface area contributed by atoms with Gasteiger partial charge in [0, 0.05) is 45.3 Å². The minimum Gasteiger partial charge on any atom is -0.378 e. The molecule has 0 aliphatic rings. The van der Waals surface area contributed by atoms with Gasteiger partial charge in [-0.05, 0) is 30.5 Å². The summed E-state index contributed by atoms with van der Waals surface area (Å²) in [5.74, 6) is 0.613. The van der Waals surface area contributed by atoms with E-state index in [1.807, 2.05) is 14.1 Å². The summed E-state index contributed by atoms with van der Waals surface area (Å²) in [7, 11) is 4.07. The Morgan fingerprint density at radius 1 is 1.14 bits per heavy atom. The molecule has 0 fully saturated rings. The SMILES string of the molecule is CC(C)CNC(=O)CCNC(C)c1ccc(N(C)C)cc1. The van der Waals surface area contributed by atoms with Crippen LogP contribution in [0.15, 0.2) is 24.3 Å². The second kappa shape index (κ2) is 8.67. The molecule has 4 nitrogen and oxygen atoms in total. The summed E-state index contributed by atoms with van der Waals surface area (Å²) in [5.41, 5.74) is 2.43. The molecule has 1 atom stereocenters. The highest BCUT2D eigenvalue weighted by Crippen LogP contribution is 2.17. The molecule has 0 saturated carbocycles. The fraction of sp³-hybridized carbons (Fsp3) is 0.588. The summed E-state index contributed by atoms with van der Waals surface area (Å²) in [6.07, 6.45) is 0.521. The summed E-state index contributed by atoms with van der Waals surface area (Å²) in [5, 5.41) is 6.32. The molecule has 4 heteroatoms. The number of benzene rings is 1. The maximum atomic E-state index is 11.6. The van der Waals surface area contributed by atoms with E-state index < -0.39 is 0 Å². The Morgan fingerprint density at radius 2 is 1.76 bits per heavy atom. The first kappa shape index (κ1) is 17.5. The maximum absolute atomic E-state index is 11.6. The first-order valence-electron chi connectivity index (χ1n) is 7.67. The molecular formula is C17H29N3O. The highest BCUT2D eigenvalue weighted by Gasteiger charge is 2.07.